The molecule has 0 saturated carbocycles. The first kappa shape index (κ1) is 25.1. The van der Waals surface area contributed by atoms with Crippen LogP contribution in [0.2, 0.25) is 0 Å². The van der Waals surface area contributed by atoms with Gasteiger partial charge in [-0.3, -0.25) is 9.36 Å². The number of thiophene rings is 1. The van der Waals surface area contributed by atoms with E-state index < -0.39 is 29.6 Å². The summed E-state index contributed by atoms with van der Waals surface area (Å²) < 4.78 is 33.8. The molecule has 3 heterocycles. The van der Waals surface area contributed by atoms with Crippen LogP contribution in [0, 0.1) is 17.1 Å². The lowest BCUT2D eigenvalue weighted by Crippen LogP contribution is -2.46. The Labute approximate surface area is 215 Å². The highest BCUT2D eigenvalue weighted by molar-refractivity contribution is 7.22. The molecular weight excluding hydrogens is 499 g/mol. The van der Waals surface area contributed by atoms with Gasteiger partial charge in [0.25, 0.3) is 5.91 Å². The van der Waals surface area contributed by atoms with E-state index in [1.807, 2.05) is 18.2 Å². The van der Waals surface area contributed by atoms with E-state index in [0.29, 0.717) is 35.1 Å². The first-order valence-corrected chi connectivity index (χ1v) is 12.6. The number of nitrogens with zero attached hydrogens (tertiary/aromatic N) is 2. The van der Waals surface area contributed by atoms with E-state index in [2.05, 4.69) is 16.7 Å². The van der Waals surface area contributed by atoms with E-state index in [0.717, 1.165) is 15.1 Å². The van der Waals surface area contributed by atoms with Crippen LogP contribution in [0.4, 0.5) is 4.39 Å². The molecule has 0 aliphatic carbocycles. The molecule has 1 amide bonds. The average Bonchev–Trinajstić information content (AvgIpc) is 3.35. The van der Waals surface area contributed by atoms with Gasteiger partial charge in [0, 0.05) is 48.6 Å². The number of hydrogen-bond donors (Lipinski definition) is 2. The maximum Gasteiger partial charge on any atom is 0.419 e. The Morgan fingerprint density at radius 3 is 2.97 bits per heavy atom. The molecule has 37 heavy (non-hydrogen) atoms. The van der Waals surface area contributed by atoms with Crippen LogP contribution >= 0.6 is 11.3 Å². The standard InChI is InChI=1S/C26H25FN4O5S/c1-31-19-8-14(3-5-20(19)36-26(31)33)23-9-18-22(37-23)6-4-15(24(18)27)7-16(10-28)30-25(32)21-12-29-11-17(34-2)13-35-21/h3-6,8-9,16-17,21,29H,7,11-13H2,1-2H3,(H,30,32)/t16-,17?,21+/m1/s1. The summed E-state index contributed by atoms with van der Waals surface area (Å²) in [5.74, 6) is -1.31. The van der Waals surface area contributed by atoms with Gasteiger partial charge < -0.3 is 24.5 Å². The zero-order valence-corrected chi connectivity index (χ0v) is 21.1. The fourth-order valence-corrected chi connectivity index (χ4v) is 5.41. The third-order valence-electron chi connectivity index (χ3n) is 6.50. The quantitative estimate of drug-likeness (QED) is 0.398. The number of nitrogens with one attached hydrogen (secondary N) is 2. The fourth-order valence-electron chi connectivity index (χ4n) is 4.35. The van der Waals surface area contributed by atoms with Crippen LogP contribution in [-0.2, 0) is 27.7 Å². The molecule has 9 nitrogen and oxygen atoms in total. The first-order valence-electron chi connectivity index (χ1n) is 11.7. The van der Waals surface area contributed by atoms with Crippen LogP contribution in [0.3, 0.4) is 0 Å². The van der Waals surface area contributed by atoms with Crippen molar-refractivity contribution in [1.82, 2.24) is 15.2 Å². The molecule has 1 aliphatic rings. The summed E-state index contributed by atoms with van der Waals surface area (Å²) in [4.78, 5) is 25.3. The minimum atomic E-state index is -0.924. The molecule has 2 aromatic heterocycles. The third kappa shape index (κ3) is 5.01. The number of nitriles is 1. The summed E-state index contributed by atoms with van der Waals surface area (Å²) in [5, 5.41) is 15.9. The topological polar surface area (TPSA) is 119 Å². The van der Waals surface area contributed by atoms with Crippen molar-refractivity contribution in [2.24, 2.45) is 7.05 Å². The number of oxazole rings is 1. The number of halogens is 1. The molecule has 192 valence electrons. The van der Waals surface area contributed by atoms with Crippen LogP contribution in [0.15, 0.2) is 45.6 Å². The van der Waals surface area contributed by atoms with Gasteiger partial charge in [-0.05, 0) is 41.5 Å². The Kier molecular flexibility index (Phi) is 7.08. The van der Waals surface area contributed by atoms with Crippen molar-refractivity contribution in [3.8, 4) is 16.5 Å². The highest BCUT2D eigenvalue weighted by Gasteiger charge is 2.27. The molecule has 1 aliphatic heterocycles. The molecule has 11 heteroatoms. The lowest BCUT2D eigenvalue weighted by molar-refractivity contribution is -0.133. The zero-order chi connectivity index (χ0) is 26.1. The van der Waals surface area contributed by atoms with E-state index in [1.54, 1.807) is 32.4 Å². The van der Waals surface area contributed by atoms with Crippen LogP contribution in [-0.4, -0.2) is 55.5 Å². The Morgan fingerprint density at radius 1 is 1.35 bits per heavy atom. The number of carbonyl (C=O) groups is 1. The average molecular weight is 525 g/mol. The molecule has 2 N–H and O–H groups in total. The molecule has 0 radical (unpaired) electrons. The van der Waals surface area contributed by atoms with Gasteiger partial charge in [0.05, 0.1) is 24.3 Å². The Bertz CT molecular complexity index is 1570. The number of ether oxygens (including phenoxy) is 2. The van der Waals surface area contributed by atoms with Crippen molar-refractivity contribution in [3.05, 3.63) is 58.3 Å². The fraction of sp³-hybridized carbons (Fsp3) is 0.346. The molecule has 0 spiro atoms. The van der Waals surface area contributed by atoms with E-state index in [1.165, 1.54) is 15.9 Å². The number of aryl methyl sites for hydroxylation is 1. The van der Waals surface area contributed by atoms with Crippen LogP contribution in [0.5, 0.6) is 0 Å². The second-order valence-electron chi connectivity index (χ2n) is 8.90. The van der Waals surface area contributed by atoms with Crippen molar-refractivity contribution in [1.29, 1.82) is 5.26 Å². The molecule has 3 atom stereocenters. The molecule has 1 unspecified atom stereocenters. The van der Waals surface area contributed by atoms with Crippen LogP contribution < -0.4 is 16.4 Å². The highest BCUT2D eigenvalue weighted by Crippen LogP contribution is 2.37. The van der Waals surface area contributed by atoms with Gasteiger partial charge >= 0.3 is 5.76 Å². The lowest BCUT2D eigenvalue weighted by atomic mass is 10.0. The number of carbonyl (C=O) groups excluding carboxylic acids is 1. The smallest absolute Gasteiger partial charge is 0.408 e. The van der Waals surface area contributed by atoms with Gasteiger partial charge in [0.15, 0.2) is 5.58 Å². The van der Waals surface area contributed by atoms with Crippen molar-refractivity contribution in [3.63, 3.8) is 0 Å². The van der Waals surface area contributed by atoms with E-state index in [-0.39, 0.29) is 19.1 Å². The number of hydrogen-bond acceptors (Lipinski definition) is 8. The number of rotatable bonds is 6. The zero-order valence-electron chi connectivity index (χ0n) is 20.2. The molecule has 1 fully saturated rings. The van der Waals surface area contributed by atoms with Gasteiger partial charge in [0.2, 0.25) is 0 Å². The van der Waals surface area contributed by atoms with Gasteiger partial charge in [-0.1, -0.05) is 6.07 Å². The number of benzene rings is 2. The number of methoxy groups -OCH3 is 1. The number of aromatic nitrogens is 1. The Hall–Kier alpha value is -3.56. The summed E-state index contributed by atoms with van der Waals surface area (Å²) in [6, 6.07) is 11.7. The lowest BCUT2D eigenvalue weighted by Gasteiger charge is -2.18. The summed E-state index contributed by atoms with van der Waals surface area (Å²) in [6.07, 6.45) is -0.914. The van der Waals surface area contributed by atoms with Gasteiger partial charge in [-0.25, -0.2) is 9.18 Å². The summed E-state index contributed by atoms with van der Waals surface area (Å²) in [5.41, 5.74) is 2.30. The second kappa shape index (κ2) is 10.4. The highest BCUT2D eigenvalue weighted by atomic mass is 32.1. The number of fused-ring (bicyclic) bond motifs is 2. The predicted octanol–water partition coefficient (Wildman–Crippen LogP) is 2.71. The van der Waals surface area contributed by atoms with Crippen molar-refractivity contribution < 1.29 is 23.1 Å². The Morgan fingerprint density at radius 2 is 2.19 bits per heavy atom. The van der Waals surface area contributed by atoms with Crippen LogP contribution in [0.1, 0.15) is 5.56 Å². The normalized spacial score (nSPS) is 19.0. The van der Waals surface area contributed by atoms with Gasteiger partial charge in [0.1, 0.15) is 18.0 Å². The maximum absolute atomic E-state index is 15.5. The minimum Gasteiger partial charge on any atom is -0.408 e. The largest absolute Gasteiger partial charge is 0.419 e. The molecule has 2 aromatic carbocycles. The van der Waals surface area contributed by atoms with E-state index in [4.69, 9.17) is 13.9 Å². The molecule has 1 saturated heterocycles. The second-order valence-corrected chi connectivity index (χ2v) is 9.99. The van der Waals surface area contributed by atoms with Crippen molar-refractivity contribution in [2.45, 2.75) is 24.7 Å². The van der Waals surface area contributed by atoms with Crippen molar-refractivity contribution >= 4 is 38.4 Å². The molecular formula is C26H25FN4O5S. The minimum absolute atomic E-state index is 0.0130. The van der Waals surface area contributed by atoms with Gasteiger partial charge in [-0.2, -0.15) is 5.26 Å². The predicted molar refractivity (Wildman–Crippen MR) is 137 cm³/mol. The monoisotopic (exact) mass is 524 g/mol. The third-order valence-corrected chi connectivity index (χ3v) is 7.65. The molecule has 5 rings (SSSR count). The molecule has 0 bridgehead atoms. The molecule has 4 aromatic rings. The van der Waals surface area contributed by atoms with Gasteiger partial charge in [-0.15, -0.1) is 11.3 Å². The van der Waals surface area contributed by atoms with E-state index in [9.17, 15) is 14.9 Å². The summed E-state index contributed by atoms with van der Waals surface area (Å²) in [7, 11) is 3.21. The number of amides is 1. The van der Waals surface area contributed by atoms with Crippen molar-refractivity contribution in [2.75, 3.05) is 26.8 Å². The Balaban J connectivity index is 1.34. The SMILES string of the molecule is COC1CNC[C@@H](C(=O)N[C@@H](C#N)Cc2ccc3sc(-c4ccc5oc(=O)n(C)c5c4)cc3c2F)OC1. The summed E-state index contributed by atoms with van der Waals surface area (Å²) >= 11 is 1.43. The van der Waals surface area contributed by atoms with E-state index >= 15 is 4.39 Å². The van der Waals surface area contributed by atoms with Crippen LogP contribution in [0.25, 0.3) is 31.6 Å². The summed E-state index contributed by atoms with van der Waals surface area (Å²) in [6.45, 7) is 1.11. The first-order chi connectivity index (χ1) is 17.9. The maximum atomic E-state index is 15.5.